The largest absolute Gasteiger partial charge is 0.431 e. The molecule has 0 spiro atoms. The lowest BCUT2D eigenvalue weighted by atomic mass is 9.99. The van der Waals surface area contributed by atoms with Crippen LogP contribution in [0.5, 0.6) is 0 Å². The van der Waals surface area contributed by atoms with Crippen LogP contribution in [0.15, 0.2) is 167 Å². The Balaban J connectivity index is 0.896. The molecule has 2 amide bonds. The summed E-state index contributed by atoms with van der Waals surface area (Å²) in [5, 5.41) is 16.1. The lowest BCUT2D eigenvalue weighted by molar-refractivity contribution is -0.245. The second kappa shape index (κ2) is 21.0. The molecule has 2 heterocycles. The molecule has 11 heteroatoms. The third kappa shape index (κ3) is 11.5. The number of aromatic nitrogens is 1. The van der Waals surface area contributed by atoms with E-state index in [1.807, 2.05) is 121 Å². The summed E-state index contributed by atoms with van der Waals surface area (Å²) in [6.45, 7) is 0.374. The number of rotatable bonds is 17. The quantitative estimate of drug-likeness (QED) is 0.0399. The fourth-order valence-electron chi connectivity index (χ4n) is 7.50. The number of benzene rings is 6. The van der Waals surface area contributed by atoms with E-state index in [4.69, 9.17) is 24.6 Å². The Labute approximate surface area is 371 Å². The zero-order valence-electron chi connectivity index (χ0n) is 34.8. The number of hydrogen-bond acceptors (Lipinski definition) is 9. The second-order valence-electron chi connectivity index (χ2n) is 15.5. The number of ether oxygens (including phenoxy) is 2. The van der Waals surface area contributed by atoms with Crippen molar-refractivity contribution < 1.29 is 28.6 Å². The molecule has 8 rings (SSSR count). The van der Waals surface area contributed by atoms with Gasteiger partial charge in [0.1, 0.15) is 5.69 Å². The van der Waals surface area contributed by atoms with Crippen LogP contribution in [0.2, 0.25) is 0 Å². The van der Waals surface area contributed by atoms with Crippen molar-refractivity contribution in [2.24, 2.45) is 0 Å². The van der Waals surface area contributed by atoms with Crippen molar-refractivity contribution in [2.45, 2.75) is 69.0 Å². The van der Waals surface area contributed by atoms with Crippen LogP contribution in [0.4, 0.5) is 11.4 Å². The molecular weight excluding hydrogens is 809 g/mol. The number of aliphatic hydroxyl groups is 1. The SMILES string of the molecule is Nc1ccccc1NC(=O)CCCCC(=O)NCc1cccc(-c2ccc(C3OC(CSc4nc(-c5ccccc5)c(-c5ccccc5)o4)CC(c4ccc(CO)cc4)O3)cc2)c1. The van der Waals surface area contributed by atoms with Crippen LogP contribution in [0.1, 0.15) is 66.8 Å². The van der Waals surface area contributed by atoms with Gasteiger partial charge in [-0.1, -0.05) is 151 Å². The van der Waals surface area contributed by atoms with Gasteiger partial charge in [0.15, 0.2) is 12.1 Å². The van der Waals surface area contributed by atoms with Gasteiger partial charge in [-0.25, -0.2) is 4.98 Å². The van der Waals surface area contributed by atoms with Crippen molar-refractivity contribution in [3.63, 3.8) is 0 Å². The van der Waals surface area contributed by atoms with Crippen molar-refractivity contribution in [1.29, 1.82) is 0 Å². The molecule has 1 aliphatic rings. The number of amides is 2. The van der Waals surface area contributed by atoms with E-state index in [1.165, 1.54) is 11.8 Å². The van der Waals surface area contributed by atoms with E-state index in [-0.39, 0.29) is 30.6 Å². The number of unbranched alkanes of at least 4 members (excludes halogenated alkanes) is 1. The van der Waals surface area contributed by atoms with E-state index in [0.29, 0.717) is 61.0 Å². The van der Waals surface area contributed by atoms with Crippen LogP contribution in [0.25, 0.3) is 33.7 Å². The van der Waals surface area contributed by atoms with Gasteiger partial charge in [0, 0.05) is 48.3 Å². The topological polar surface area (TPSA) is 149 Å². The Morgan fingerprint density at radius 2 is 1.35 bits per heavy atom. The van der Waals surface area contributed by atoms with Gasteiger partial charge in [-0.15, -0.1) is 0 Å². The van der Waals surface area contributed by atoms with Crippen LogP contribution in [-0.4, -0.2) is 33.8 Å². The number of nitrogens with one attached hydrogen (secondary N) is 2. The number of aliphatic hydroxyl groups excluding tert-OH is 1. The third-order valence-corrected chi connectivity index (χ3v) is 11.9. The predicted molar refractivity (Wildman–Crippen MR) is 248 cm³/mol. The second-order valence-corrected chi connectivity index (χ2v) is 16.5. The predicted octanol–water partition coefficient (Wildman–Crippen LogP) is 10.9. The van der Waals surface area contributed by atoms with Crippen LogP contribution in [-0.2, 0) is 32.2 Å². The molecule has 1 saturated heterocycles. The van der Waals surface area contributed by atoms with Crippen LogP contribution in [0.3, 0.4) is 0 Å². The highest BCUT2D eigenvalue weighted by Crippen LogP contribution is 2.41. The third-order valence-electron chi connectivity index (χ3n) is 10.9. The molecule has 0 saturated carbocycles. The number of carbonyl (C=O) groups excluding carboxylic acids is 2. The molecule has 1 aliphatic heterocycles. The first-order valence-electron chi connectivity index (χ1n) is 21.2. The van der Waals surface area contributed by atoms with Crippen LogP contribution < -0.4 is 16.4 Å². The summed E-state index contributed by atoms with van der Waals surface area (Å²) in [6.07, 6.45) is 1.44. The molecule has 10 nitrogen and oxygen atoms in total. The van der Waals surface area contributed by atoms with E-state index in [0.717, 1.165) is 56.0 Å². The van der Waals surface area contributed by atoms with Gasteiger partial charge in [0.2, 0.25) is 11.8 Å². The fourth-order valence-corrected chi connectivity index (χ4v) is 8.34. The number of oxazole rings is 1. The summed E-state index contributed by atoms with van der Waals surface area (Å²) in [4.78, 5) is 30.0. The molecule has 3 unspecified atom stereocenters. The van der Waals surface area contributed by atoms with E-state index < -0.39 is 6.29 Å². The number of anilines is 2. The molecule has 5 N–H and O–H groups in total. The summed E-state index contributed by atoms with van der Waals surface area (Å²) >= 11 is 1.53. The minimum Gasteiger partial charge on any atom is -0.431 e. The zero-order valence-corrected chi connectivity index (χ0v) is 35.6. The molecule has 1 fully saturated rings. The van der Waals surface area contributed by atoms with Crippen molar-refractivity contribution in [2.75, 3.05) is 16.8 Å². The van der Waals surface area contributed by atoms with Crippen LogP contribution in [0, 0.1) is 0 Å². The number of nitrogens with zero attached hydrogens (tertiary/aromatic N) is 1. The Morgan fingerprint density at radius 1 is 0.683 bits per heavy atom. The van der Waals surface area contributed by atoms with Gasteiger partial charge in [0.25, 0.3) is 5.22 Å². The molecule has 0 aliphatic carbocycles. The normalized spacial score (nSPS) is 16.0. The summed E-state index contributed by atoms with van der Waals surface area (Å²) in [6, 6.07) is 51.5. The van der Waals surface area contributed by atoms with E-state index >= 15 is 0 Å². The van der Waals surface area contributed by atoms with Gasteiger partial charge in [-0.05, 0) is 58.9 Å². The molecule has 7 aromatic rings. The zero-order chi connectivity index (χ0) is 43.4. The molecule has 0 radical (unpaired) electrons. The van der Waals surface area contributed by atoms with Crippen molar-refractivity contribution in [3.8, 4) is 33.7 Å². The number of nitrogen functional groups attached to an aromatic ring is 1. The first-order valence-corrected chi connectivity index (χ1v) is 22.2. The molecule has 0 bridgehead atoms. The van der Waals surface area contributed by atoms with E-state index in [2.05, 4.69) is 34.9 Å². The van der Waals surface area contributed by atoms with E-state index in [1.54, 1.807) is 12.1 Å². The Hall–Kier alpha value is -6.50. The molecule has 6 aromatic carbocycles. The summed E-state index contributed by atoms with van der Waals surface area (Å²) in [5.41, 5.74) is 15.6. The number of carbonyl (C=O) groups is 2. The minimum atomic E-state index is -0.621. The first kappa shape index (κ1) is 43.2. The average molecular weight is 859 g/mol. The molecule has 1 aromatic heterocycles. The summed E-state index contributed by atoms with van der Waals surface area (Å²) in [5.74, 6) is 1.15. The van der Waals surface area contributed by atoms with Gasteiger partial charge in [-0.3, -0.25) is 9.59 Å². The fraction of sp³-hybridized carbons (Fsp3) is 0.212. The maximum Gasteiger partial charge on any atom is 0.256 e. The molecule has 3 atom stereocenters. The van der Waals surface area contributed by atoms with Crippen LogP contribution >= 0.6 is 11.8 Å². The highest BCUT2D eigenvalue weighted by atomic mass is 32.2. The Kier molecular flexibility index (Phi) is 14.4. The molecule has 320 valence electrons. The smallest absolute Gasteiger partial charge is 0.256 e. The van der Waals surface area contributed by atoms with Gasteiger partial charge < -0.3 is 35.4 Å². The van der Waals surface area contributed by atoms with Gasteiger partial charge >= 0.3 is 0 Å². The maximum absolute atomic E-state index is 12.7. The lowest BCUT2D eigenvalue weighted by Crippen LogP contribution is -2.31. The van der Waals surface area contributed by atoms with Gasteiger partial charge in [-0.2, -0.15) is 0 Å². The molecule has 63 heavy (non-hydrogen) atoms. The maximum atomic E-state index is 12.7. The number of para-hydroxylation sites is 2. The average Bonchev–Trinajstić information content (AvgIpc) is 3.77. The number of thioether (sulfide) groups is 1. The highest BCUT2D eigenvalue weighted by Gasteiger charge is 2.33. The van der Waals surface area contributed by atoms with Crippen molar-refractivity contribution >= 4 is 35.0 Å². The first-order chi connectivity index (χ1) is 30.9. The Bertz CT molecular complexity index is 2530. The number of hydrogen-bond donors (Lipinski definition) is 4. The summed E-state index contributed by atoms with van der Waals surface area (Å²) < 4.78 is 19.8. The number of nitrogens with two attached hydrogens (primary N) is 1. The summed E-state index contributed by atoms with van der Waals surface area (Å²) in [7, 11) is 0. The monoisotopic (exact) mass is 858 g/mol. The Morgan fingerprint density at radius 3 is 2.08 bits per heavy atom. The highest BCUT2D eigenvalue weighted by molar-refractivity contribution is 7.99. The lowest BCUT2D eigenvalue weighted by Gasteiger charge is -2.36. The van der Waals surface area contributed by atoms with E-state index in [9.17, 15) is 14.7 Å². The minimum absolute atomic E-state index is 0.0255. The van der Waals surface area contributed by atoms with Gasteiger partial charge in [0.05, 0.1) is 30.2 Å². The standard InChI is InChI=1S/C52H50N4O6S/c53-44-18-7-8-19-45(44)55-48(59)21-10-9-20-47(58)54-32-36-12-11-17-42(30-36)37-26-28-41(29-27-37)51-60-43(31-46(61-51)38-24-22-35(33-57)23-25-38)34-63-52-56-49(39-13-3-1-4-14-39)50(62-52)40-15-5-2-6-16-40/h1-8,11-19,22-30,43,46,51,57H,9-10,20-21,31-34,53H2,(H,54,58)(H,55,59). The van der Waals surface area contributed by atoms with Crippen molar-refractivity contribution in [3.05, 3.63) is 180 Å². The molecular formula is C52H50N4O6S. The van der Waals surface area contributed by atoms with Crippen molar-refractivity contribution in [1.82, 2.24) is 10.3 Å².